The van der Waals surface area contributed by atoms with Gasteiger partial charge in [0.1, 0.15) is 0 Å². The van der Waals surface area contributed by atoms with E-state index in [1.54, 1.807) is 0 Å². The van der Waals surface area contributed by atoms with Gasteiger partial charge in [0.25, 0.3) is 0 Å². The Kier molecular flexibility index (Phi) is 5.95. The molecule has 33 heavy (non-hydrogen) atoms. The van der Waals surface area contributed by atoms with E-state index in [0.717, 1.165) is 53.2 Å². The minimum absolute atomic E-state index is 0.194. The fourth-order valence-electron chi connectivity index (χ4n) is 4.70. The summed E-state index contributed by atoms with van der Waals surface area (Å²) < 4.78 is 0. The second-order valence-electron chi connectivity index (χ2n) is 9.30. The predicted octanol–water partition coefficient (Wildman–Crippen LogP) is 4.75. The normalized spacial score (nSPS) is 20.3. The molecule has 1 aromatic heterocycles. The maximum Gasteiger partial charge on any atom is 0.250 e. The van der Waals surface area contributed by atoms with Crippen molar-refractivity contribution >= 4 is 23.3 Å². The second kappa shape index (κ2) is 9.18. The number of hydrogen-bond acceptors (Lipinski definition) is 4. The number of pyridine rings is 1. The van der Waals surface area contributed by atoms with Crippen LogP contribution in [-0.2, 0) is 11.3 Å². The van der Waals surface area contributed by atoms with Gasteiger partial charge in [0, 0.05) is 60.4 Å². The molecule has 1 saturated carbocycles. The molecule has 2 aromatic rings. The Balaban J connectivity index is 1.40. The summed E-state index contributed by atoms with van der Waals surface area (Å²) >= 11 is 0. The van der Waals surface area contributed by atoms with Crippen LogP contribution in [0.25, 0.3) is 11.1 Å². The third-order valence-electron chi connectivity index (χ3n) is 6.70. The van der Waals surface area contributed by atoms with Crippen LogP contribution in [0, 0.1) is 24.2 Å². The van der Waals surface area contributed by atoms with Crippen molar-refractivity contribution in [2.45, 2.75) is 32.7 Å². The number of nitrogens with zero attached hydrogens (tertiary/aromatic N) is 2. The highest BCUT2D eigenvalue weighted by Crippen LogP contribution is 2.39. The smallest absolute Gasteiger partial charge is 0.250 e. The van der Waals surface area contributed by atoms with Gasteiger partial charge in [0.05, 0.1) is 5.69 Å². The van der Waals surface area contributed by atoms with E-state index in [2.05, 4.69) is 23.5 Å². The van der Waals surface area contributed by atoms with Crippen molar-refractivity contribution in [1.29, 1.82) is 5.41 Å². The summed E-state index contributed by atoms with van der Waals surface area (Å²) in [6.07, 6.45) is 10.9. The van der Waals surface area contributed by atoms with Crippen LogP contribution >= 0.6 is 0 Å². The van der Waals surface area contributed by atoms with Gasteiger partial charge in [0.15, 0.2) is 0 Å². The van der Waals surface area contributed by atoms with E-state index in [1.807, 2.05) is 54.4 Å². The van der Waals surface area contributed by atoms with E-state index < -0.39 is 0 Å². The Morgan fingerprint density at radius 3 is 2.79 bits per heavy atom. The molecule has 5 heteroatoms. The number of aryl methyl sites for hydroxylation is 1. The molecule has 3 aliphatic rings. The largest absolute Gasteiger partial charge is 0.386 e. The first-order valence-electron chi connectivity index (χ1n) is 11.8. The molecule has 0 bridgehead atoms. The zero-order chi connectivity index (χ0) is 22.8. The number of likely N-dealkylation sites (tertiary alicyclic amines) is 1. The SMILES string of the molecule is Cc1ccc(/C(C=N)=C/NCc2ccccc2)c(C2=CCC3CN(CC4CC4)C(=O)C3=C2)n1. The topological polar surface area (TPSA) is 69.1 Å². The molecule has 1 unspecified atom stereocenters. The van der Waals surface area contributed by atoms with E-state index in [0.29, 0.717) is 18.4 Å². The molecule has 2 fully saturated rings. The summed E-state index contributed by atoms with van der Waals surface area (Å²) in [6, 6.07) is 14.2. The first-order valence-corrected chi connectivity index (χ1v) is 11.8. The van der Waals surface area contributed by atoms with Gasteiger partial charge < -0.3 is 15.6 Å². The summed E-state index contributed by atoms with van der Waals surface area (Å²) in [5.41, 5.74) is 6.51. The molecule has 1 aliphatic heterocycles. The van der Waals surface area contributed by atoms with Crippen LogP contribution in [0.5, 0.6) is 0 Å². The lowest BCUT2D eigenvalue weighted by Crippen LogP contribution is -2.27. The summed E-state index contributed by atoms with van der Waals surface area (Å²) in [5.74, 6) is 1.19. The number of carbonyl (C=O) groups excluding carboxylic acids is 1. The number of aromatic nitrogens is 1. The number of hydrogen-bond donors (Lipinski definition) is 2. The summed E-state index contributed by atoms with van der Waals surface area (Å²) in [6.45, 7) is 4.41. The molecule has 0 spiro atoms. The Morgan fingerprint density at radius 2 is 2.03 bits per heavy atom. The number of benzene rings is 1. The molecule has 5 rings (SSSR count). The number of fused-ring (bicyclic) bond motifs is 1. The van der Waals surface area contributed by atoms with Crippen LogP contribution < -0.4 is 5.32 Å². The van der Waals surface area contributed by atoms with Crippen molar-refractivity contribution in [1.82, 2.24) is 15.2 Å². The van der Waals surface area contributed by atoms with E-state index in [-0.39, 0.29) is 5.91 Å². The standard InChI is InChI=1S/C28H30N4O/c1-19-7-12-25(24(14-29)16-30-15-20-5-3-2-4-6-20)27(31-19)22-10-11-23-18-32(17-21-8-9-21)28(33)26(23)13-22/h2-7,10,12-14,16,21,23,29-30H,8-9,11,15,17-18H2,1H3/b24-16+,29-14?. The van der Waals surface area contributed by atoms with Gasteiger partial charge >= 0.3 is 0 Å². The van der Waals surface area contributed by atoms with Gasteiger partial charge in [-0.15, -0.1) is 0 Å². The molecule has 1 atom stereocenters. The number of nitrogens with one attached hydrogen (secondary N) is 2. The molecule has 168 valence electrons. The Hall–Kier alpha value is -3.47. The highest BCUT2D eigenvalue weighted by molar-refractivity contribution is 6.10. The van der Waals surface area contributed by atoms with Crippen LogP contribution in [0.15, 0.2) is 66.4 Å². The molecular weight excluding hydrogens is 408 g/mol. The van der Waals surface area contributed by atoms with Gasteiger partial charge in [-0.05, 0) is 55.4 Å². The van der Waals surface area contributed by atoms with E-state index in [9.17, 15) is 4.79 Å². The van der Waals surface area contributed by atoms with E-state index in [4.69, 9.17) is 10.4 Å². The Morgan fingerprint density at radius 1 is 1.21 bits per heavy atom. The minimum Gasteiger partial charge on any atom is -0.386 e. The second-order valence-corrected chi connectivity index (χ2v) is 9.30. The molecule has 5 nitrogen and oxygen atoms in total. The lowest BCUT2D eigenvalue weighted by molar-refractivity contribution is -0.125. The first-order chi connectivity index (χ1) is 16.1. The number of carbonyl (C=O) groups is 1. The summed E-state index contributed by atoms with van der Waals surface area (Å²) in [5, 5.41) is 11.4. The Bertz CT molecular complexity index is 1160. The van der Waals surface area contributed by atoms with Crippen LogP contribution in [0.1, 0.15) is 41.8 Å². The number of allylic oxidation sites excluding steroid dienone is 4. The van der Waals surface area contributed by atoms with Gasteiger partial charge in [-0.25, -0.2) is 0 Å². The molecule has 2 heterocycles. The van der Waals surface area contributed by atoms with Crippen molar-refractivity contribution in [3.8, 4) is 0 Å². The van der Waals surface area contributed by atoms with Crippen molar-refractivity contribution in [2.24, 2.45) is 11.8 Å². The number of rotatable bonds is 8. The van der Waals surface area contributed by atoms with Crippen molar-refractivity contribution in [3.63, 3.8) is 0 Å². The number of amides is 1. The predicted molar refractivity (Wildman–Crippen MR) is 132 cm³/mol. The monoisotopic (exact) mass is 438 g/mol. The third kappa shape index (κ3) is 4.68. The van der Waals surface area contributed by atoms with E-state index >= 15 is 0 Å². The minimum atomic E-state index is 0.194. The van der Waals surface area contributed by atoms with Crippen LogP contribution in [0.2, 0.25) is 0 Å². The molecular formula is C28H30N4O. The van der Waals surface area contributed by atoms with Crippen molar-refractivity contribution in [3.05, 3.63) is 88.9 Å². The zero-order valence-corrected chi connectivity index (χ0v) is 19.1. The average molecular weight is 439 g/mol. The van der Waals surface area contributed by atoms with Crippen LogP contribution in [-0.4, -0.2) is 35.1 Å². The lowest BCUT2D eigenvalue weighted by Gasteiger charge is -2.18. The van der Waals surface area contributed by atoms with Gasteiger partial charge in [-0.2, -0.15) is 0 Å². The average Bonchev–Trinajstić information content (AvgIpc) is 3.61. The zero-order valence-electron chi connectivity index (χ0n) is 19.1. The maximum atomic E-state index is 13.1. The summed E-state index contributed by atoms with van der Waals surface area (Å²) in [4.78, 5) is 19.9. The van der Waals surface area contributed by atoms with Gasteiger partial charge in [-0.3, -0.25) is 9.78 Å². The molecule has 2 N–H and O–H groups in total. The van der Waals surface area contributed by atoms with Crippen LogP contribution in [0.3, 0.4) is 0 Å². The van der Waals surface area contributed by atoms with Gasteiger partial charge in [0.2, 0.25) is 5.91 Å². The highest BCUT2D eigenvalue weighted by atomic mass is 16.2. The lowest BCUT2D eigenvalue weighted by atomic mass is 9.87. The summed E-state index contributed by atoms with van der Waals surface area (Å²) in [7, 11) is 0. The van der Waals surface area contributed by atoms with Gasteiger partial charge in [-0.1, -0.05) is 42.5 Å². The quantitative estimate of drug-likeness (QED) is 0.584. The molecule has 1 aromatic carbocycles. The fraction of sp³-hybridized carbons (Fsp3) is 0.321. The van der Waals surface area contributed by atoms with Crippen LogP contribution in [0.4, 0.5) is 0 Å². The van der Waals surface area contributed by atoms with Crippen molar-refractivity contribution in [2.75, 3.05) is 13.1 Å². The first kappa shape index (κ1) is 21.4. The maximum absolute atomic E-state index is 13.1. The van der Waals surface area contributed by atoms with E-state index in [1.165, 1.54) is 24.6 Å². The molecule has 2 aliphatic carbocycles. The Labute approximate surface area is 195 Å². The molecule has 1 saturated heterocycles. The molecule has 1 amide bonds. The third-order valence-corrected chi connectivity index (χ3v) is 6.70. The molecule has 0 radical (unpaired) electrons. The fourth-order valence-corrected chi connectivity index (χ4v) is 4.70. The highest BCUT2D eigenvalue weighted by Gasteiger charge is 2.38. The van der Waals surface area contributed by atoms with Crippen molar-refractivity contribution < 1.29 is 4.79 Å².